The van der Waals surface area contributed by atoms with Gasteiger partial charge in [0.25, 0.3) is 0 Å². The molecule has 1 saturated carbocycles. The molecule has 4 nitrogen and oxygen atoms in total. The number of nitrogens with one attached hydrogen (secondary N) is 2. The van der Waals surface area contributed by atoms with E-state index < -0.39 is 0 Å². The van der Waals surface area contributed by atoms with E-state index >= 15 is 0 Å². The normalized spacial score (nSPS) is 18.7. The van der Waals surface area contributed by atoms with Crippen LogP contribution < -0.4 is 5.32 Å². The predicted molar refractivity (Wildman–Crippen MR) is 161 cm³/mol. The standard InChI is InChI=1S/C35H42N4/c1-35(39-24-22-36-23-25-39,26-31(27-14-6-2-7-15-27)28-16-8-3-9-17-28)33-32(29-18-10-4-11-19-29)37-34(38-33)30-20-12-5-13-21-30/h2-4,6-11,14-19,30-31,36H,5,12-13,20-26H2,1H3,(H,37,38). The highest BCUT2D eigenvalue weighted by atomic mass is 15.3. The van der Waals surface area contributed by atoms with Crippen molar-refractivity contribution in [2.75, 3.05) is 26.2 Å². The summed E-state index contributed by atoms with van der Waals surface area (Å²) < 4.78 is 0. The van der Waals surface area contributed by atoms with Crippen molar-refractivity contribution >= 4 is 0 Å². The third kappa shape index (κ3) is 5.59. The number of rotatable bonds is 8. The maximum absolute atomic E-state index is 5.42. The molecule has 1 aromatic heterocycles. The Bertz CT molecular complexity index is 1270. The van der Waals surface area contributed by atoms with E-state index in [-0.39, 0.29) is 11.5 Å². The second-order valence-corrected chi connectivity index (χ2v) is 11.6. The topological polar surface area (TPSA) is 44.0 Å². The molecule has 39 heavy (non-hydrogen) atoms. The molecule has 4 heteroatoms. The molecular weight excluding hydrogens is 476 g/mol. The van der Waals surface area contributed by atoms with Gasteiger partial charge in [0.2, 0.25) is 0 Å². The summed E-state index contributed by atoms with van der Waals surface area (Å²) in [5.74, 6) is 2.00. The van der Waals surface area contributed by atoms with Crippen molar-refractivity contribution in [3.8, 4) is 11.3 Å². The lowest BCUT2D eigenvalue weighted by Gasteiger charge is -2.45. The lowest BCUT2D eigenvalue weighted by Crippen LogP contribution is -2.54. The minimum atomic E-state index is -0.219. The van der Waals surface area contributed by atoms with Crippen LogP contribution in [-0.4, -0.2) is 41.0 Å². The number of H-pyrrole nitrogens is 1. The lowest BCUT2D eigenvalue weighted by atomic mass is 9.77. The summed E-state index contributed by atoms with van der Waals surface area (Å²) in [5.41, 5.74) is 6.16. The monoisotopic (exact) mass is 518 g/mol. The van der Waals surface area contributed by atoms with E-state index in [2.05, 4.69) is 113 Å². The van der Waals surface area contributed by atoms with E-state index in [9.17, 15) is 0 Å². The Morgan fingerprint density at radius 1 is 0.795 bits per heavy atom. The summed E-state index contributed by atoms with van der Waals surface area (Å²) in [6, 6.07) is 33.0. The molecule has 2 aliphatic rings. The van der Waals surface area contributed by atoms with Crippen molar-refractivity contribution < 1.29 is 0 Å². The number of aromatic amines is 1. The maximum atomic E-state index is 5.42. The fourth-order valence-electron chi connectivity index (χ4n) is 6.90. The zero-order valence-corrected chi connectivity index (χ0v) is 23.3. The zero-order valence-electron chi connectivity index (χ0n) is 23.3. The molecule has 1 unspecified atom stereocenters. The molecule has 1 aliphatic carbocycles. The van der Waals surface area contributed by atoms with Crippen LogP contribution in [0, 0.1) is 0 Å². The fraction of sp³-hybridized carbons (Fsp3) is 0.400. The number of imidazole rings is 1. The Kier molecular flexibility index (Phi) is 7.94. The molecule has 0 amide bonds. The summed E-state index contributed by atoms with van der Waals surface area (Å²) in [4.78, 5) is 12.2. The van der Waals surface area contributed by atoms with Gasteiger partial charge in [-0.1, -0.05) is 110 Å². The third-order valence-electron chi connectivity index (χ3n) is 9.12. The third-order valence-corrected chi connectivity index (χ3v) is 9.12. The van der Waals surface area contributed by atoms with Crippen molar-refractivity contribution in [1.82, 2.24) is 20.2 Å². The summed E-state index contributed by atoms with van der Waals surface area (Å²) in [6.07, 6.45) is 7.42. The van der Waals surface area contributed by atoms with Crippen LogP contribution in [0.5, 0.6) is 0 Å². The highest BCUT2D eigenvalue weighted by Gasteiger charge is 2.41. The second kappa shape index (κ2) is 11.9. The average molecular weight is 519 g/mol. The first kappa shape index (κ1) is 26.0. The minimum Gasteiger partial charge on any atom is -0.344 e. The number of hydrogen-bond acceptors (Lipinski definition) is 3. The first-order valence-electron chi connectivity index (χ1n) is 14.9. The van der Waals surface area contributed by atoms with Crippen LogP contribution in [0.25, 0.3) is 11.3 Å². The number of nitrogens with zero attached hydrogens (tertiary/aromatic N) is 2. The molecule has 6 rings (SSSR count). The number of aromatic nitrogens is 2. The van der Waals surface area contributed by atoms with Crippen LogP contribution >= 0.6 is 0 Å². The van der Waals surface area contributed by atoms with Gasteiger partial charge in [-0.2, -0.15) is 0 Å². The molecule has 1 atom stereocenters. The van der Waals surface area contributed by atoms with Gasteiger partial charge in [0.15, 0.2) is 0 Å². The van der Waals surface area contributed by atoms with Crippen molar-refractivity contribution in [2.24, 2.45) is 0 Å². The van der Waals surface area contributed by atoms with Gasteiger partial charge in [-0.15, -0.1) is 0 Å². The van der Waals surface area contributed by atoms with E-state index in [1.807, 2.05) is 0 Å². The highest BCUT2D eigenvalue weighted by molar-refractivity contribution is 5.64. The molecule has 0 spiro atoms. The number of hydrogen-bond donors (Lipinski definition) is 2. The van der Waals surface area contributed by atoms with E-state index in [1.165, 1.54) is 60.3 Å². The van der Waals surface area contributed by atoms with Gasteiger partial charge in [0.1, 0.15) is 5.82 Å². The van der Waals surface area contributed by atoms with Crippen molar-refractivity contribution in [1.29, 1.82) is 0 Å². The van der Waals surface area contributed by atoms with Gasteiger partial charge in [0, 0.05) is 43.6 Å². The number of benzene rings is 3. The molecule has 0 radical (unpaired) electrons. The Morgan fingerprint density at radius 2 is 1.36 bits per heavy atom. The Hall–Kier alpha value is -3.21. The number of piperazine rings is 1. The molecule has 3 aromatic carbocycles. The Labute approximate surface area is 233 Å². The van der Waals surface area contributed by atoms with E-state index in [0.29, 0.717) is 5.92 Å². The average Bonchev–Trinajstić information content (AvgIpc) is 3.48. The molecule has 2 N–H and O–H groups in total. The van der Waals surface area contributed by atoms with Crippen LogP contribution in [0.2, 0.25) is 0 Å². The lowest BCUT2D eigenvalue weighted by molar-refractivity contribution is 0.0713. The van der Waals surface area contributed by atoms with Crippen LogP contribution in [0.3, 0.4) is 0 Å². The van der Waals surface area contributed by atoms with Crippen molar-refractivity contribution in [3.05, 3.63) is 114 Å². The largest absolute Gasteiger partial charge is 0.344 e. The van der Waals surface area contributed by atoms with Crippen LogP contribution in [0.15, 0.2) is 91.0 Å². The summed E-state index contributed by atoms with van der Waals surface area (Å²) in [5, 5.41) is 3.59. The van der Waals surface area contributed by atoms with Gasteiger partial charge in [0.05, 0.1) is 16.9 Å². The predicted octanol–water partition coefficient (Wildman–Crippen LogP) is 7.47. The second-order valence-electron chi connectivity index (χ2n) is 11.6. The van der Waals surface area contributed by atoms with E-state index in [0.717, 1.165) is 38.3 Å². The molecule has 202 valence electrons. The molecule has 2 fully saturated rings. The van der Waals surface area contributed by atoms with Crippen molar-refractivity contribution in [3.63, 3.8) is 0 Å². The van der Waals surface area contributed by atoms with Crippen LogP contribution in [0.1, 0.15) is 79.9 Å². The van der Waals surface area contributed by atoms with Crippen LogP contribution in [-0.2, 0) is 5.54 Å². The van der Waals surface area contributed by atoms with Gasteiger partial charge in [-0.25, -0.2) is 4.98 Å². The summed E-state index contributed by atoms with van der Waals surface area (Å²) in [7, 11) is 0. The van der Waals surface area contributed by atoms with E-state index in [1.54, 1.807) is 0 Å². The smallest absolute Gasteiger partial charge is 0.110 e. The minimum absolute atomic E-state index is 0.219. The maximum Gasteiger partial charge on any atom is 0.110 e. The van der Waals surface area contributed by atoms with Gasteiger partial charge < -0.3 is 10.3 Å². The summed E-state index contributed by atoms with van der Waals surface area (Å²) in [6.45, 7) is 6.56. The van der Waals surface area contributed by atoms with Gasteiger partial charge in [-0.05, 0) is 37.3 Å². The summed E-state index contributed by atoms with van der Waals surface area (Å²) >= 11 is 0. The Balaban J connectivity index is 1.50. The molecular formula is C35H42N4. The van der Waals surface area contributed by atoms with Gasteiger partial charge >= 0.3 is 0 Å². The first-order chi connectivity index (χ1) is 19.2. The quantitative estimate of drug-likeness (QED) is 0.254. The highest BCUT2D eigenvalue weighted by Crippen LogP contribution is 2.45. The zero-order chi connectivity index (χ0) is 26.5. The molecule has 1 saturated heterocycles. The first-order valence-corrected chi connectivity index (χ1v) is 14.9. The Morgan fingerprint density at radius 3 is 1.95 bits per heavy atom. The molecule has 2 heterocycles. The fourth-order valence-corrected chi connectivity index (χ4v) is 6.90. The van der Waals surface area contributed by atoms with Crippen molar-refractivity contribution in [2.45, 2.75) is 62.8 Å². The van der Waals surface area contributed by atoms with E-state index in [4.69, 9.17) is 4.98 Å². The van der Waals surface area contributed by atoms with Gasteiger partial charge in [-0.3, -0.25) is 4.90 Å². The molecule has 0 bridgehead atoms. The molecule has 1 aliphatic heterocycles. The SMILES string of the molecule is CC(CC(c1ccccc1)c1ccccc1)(c1[nH]c(C2CCCCC2)nc1-c1ccccc1)N1CCNCC1. The van der Waals surface area contributed by atoms with Crippen LogP contribution in [0.4, 0.5) is 0 Å². The molecule has 4 aromatic rings.